The van der Waals surface area contributed by atoms with Crippen molar-refractivity contribution in [2.75, 3.05) is 32.1 Å². The summed E-state index contributed by atoms with van der Waals surface area (Å²) in [5.41, 5.74) is 0. The van der Waals surface area contributed by atoms with Crippen LogP contribution >= 0.6 is 11.8 Å². The normalized spacial score (nSPS) is 24.5. The van der Waals surface area contributed by atoms with Gasteiger partial charge in [-0.2, -0.15) is 0 Å². The highest BCUT2D eigenvalue weighted by molar-refractivity contribution is 8.14. The number of morpholine rings is 1. The van der Waals surface area contributed by atoms with E-state index in [9.17, 15) is 9.59 Å². The van der Waals surface area contributed by atoms with Gasteiger partial charge in [0.15, 0.2) is 5.17 Å². The van der Waals surface area contributed by atoms with Crippen LogP contribution in [0.15, 0.2) is 4.99 Å². The first-order valence-electron chi connectivity index (χ1n) is 6.01. The number of hydrogen-bond acceptors (Lipinski definition) is 5. The Balaban J connectivity index is 1.80. The number of amidine groups is 1. The molecule has 0 saturated carbocycles. The van der Waals surface area contributed by atoms with Crippen molar-refractivity contribution in [1.82, 2.24) is 10.2 Å². The van der Waals surface area contributed by atoms with Gasteiger partial charge in [-0.1, -0.05) is 11.8 Å². The molecular weight excluding hydrogens is 254 g/mol. The monoisotopic (exact) mass is 271 g/mol. The van der Waals surface area contributed by atoms with Crippen LogP contribution in [0.25, 0.3) is 0 Å². The average Bonchev–Trinajstić information content (AvgIpc) is 2.36. The standard InChI is InChI=1S/C11H17N3O3S/c1-8-6-9(15)13-11(12-8)18-7-10(16)14-2-4-17-5-3-14/h8H,2-7H2,1H3,(H,12,13,15)/t8-/m0/s1. The quantitative estimate of drug-likeness (QED) is 0.758. The molecule has 1 atom stereocenters. The van der Waals surface area contributed by atoms with E-state index in [-0.39, 0.29) is 17.9 Å². The Labute approximate surface area is 110 Å². The van der Waals surface area contributed by atoms with Crippen molar-refractivity contribution in [3.8, 4) is 0 Å². The van der Waals surface area contributed by atoms with Gasteiger partial charge in [-0.25, -0.2) is 0 Å². The maximum Gasteiger partial charge on any atom is 0.233 e. The number of carbonyl (C=O) groups excluding carboxylic acids is 2. The summed E-state index contributed by atoms with van der Waals surface area (Å²) in [7, 11) is 0. The number of ether oxygens (including phenoxy) is 1. The van der Waals surface area contributed by atoms with Gasteiger partial charge in [0.2, 0.25) is 11.8 Å². The van der Waals surface area contributed by atoms with Gasteiger partial charge in [-0.15, -0.1) is 0 Å². The molecule has 2 aliphatic rings. The molecule has 2 aliphatic heterocycles. The fourth-order valence-electron chi connectivity index (χ4n) is 1.82. The number of thioether (sulfide) groups is 1. The van der Waals surface area contributed by atoms with Crippen LogP contribution in [0, 0.1) is 0 Å². The minimum atomic E-state index is -0.0289. The lowest BCUT2D eigenvalue weighted by Gasteiger charge is -2.27. The lowest BCUT2D eigenvalue weighted by atomic mass is 10.2. The minimum absolute atomic E-state index is 0.000242. The van der Waals surface area contributed by atoms with E-state index >= 15 is 0 Å². The molecule has 0 aromatic carbocycles. The predicted octanol–water partition coefficient (Wildman–Crippen LogP) is -0.157. The molecule has 2 rings (SSSR count). The summed E-state index contributed by atoms with van der Waals surface area (Å²) >= 11 is 1.29. The lowest BCUT2D eigenvalue weighted by molar-refractivity contribution is -0.132. The molecule has 0 spiro atoms. The SMILES string of the molecule is C[C@H]1CC(=O)NC(SCC(=O)N2CCOCC2)=N1. The van der Waals surface area contributed by atoms with Gasteiger partial charge in [0.25, 0.3) is 0 Å². The molecule has 0 radical (unpaired) electrons. The van der Waals surface area contributed by atoms with Crippen molar-refractivity contribution in [2.45, 2.75) is 19.4 Å². The van der Waals surface area contributed by atoms with E-state index in [2.05, 4.69) is 10.3 Å². The van der Waals surface area contributed by atoms with E-state index in [1.807, 2.05) is 6.92 Å². The highest BCUT2D eigenvalue weighted by Crippen LogP contribution is 2.12. The van der Waals surface area contributed by atoms with E-state index < -0.39 is 0 Å². The summed E-state index contributed by atoms with van der Waals surface area (Å²) in [4.78, 5) is 29.3. The van der Waals surface area contributed by atoms with E-state index in [0.717, 1.165) is 0 Å². The van der Waals surface area contributed by atoms with E-state index in [4.69, 9.17) is 4.74 Å². The first-order chi connectivity index (χ1) is 8.65. The van der Waals surface area contributed by atoms with Crippen LogP contribution in [0.3, 0.4) is 0 Å². The van der Waals surface area contributed by atoms with Crippen molar-refractivity contribution < 1.29 is 14.3 Å². The molecule has 0 unspecified atom stereocenters. The third kappa shape index (κ3) is 3.71. The Hall–Kier alpha value is -1.08. The van der Waals surface area contributed by atoms with E-state index in [0.29, 0.717) is 43.6 Å². The van der Waals surface area contributed by atoms with E-state index in [1.165, 1.54) is 11.8 Å². The zero-order valence-corrected chi connectivity index (χ0v) is 11.2. The minimum Gasteiger partial charge on any atom is -0.378 e. The fraction of sp³-hybridized carbons (Fsp3) is 0.727. The largest absolute Gasteiger partial charge is 0.378 e. The van der Waals surface area contributed by atoms with Crippen LogP contribution in [0.5, 0.6) is 0 Å². The number of rotatable bonds is 2. The Bertz CT molecular complexity index is 367. The fourth-order valence-corrected chi connectivity index (χ4v) is 2.71. The molecule has 18 heavy (non-hydrogen) atoms. The van der Waals surface area contributed by atoms with Crippen molar-refractivity contribution in [2.24, 2.45) is 4.99 Å². The molecule has 6 nitrogen and oxygen atoms in total. The summed E-state index contributed by atoms with van der Waals surface area (Å²) in [5, 5.41) is 3.24. The predicted molar refractivity (Wildman–Crippen MR) is 69.5 cm³/mol. The topological polar surface area (TPSA) is 71.0 Å². The first kappa shape index (κ1) is 13.4. The Morgan fingerprint density at radius 3 is 2.94 bits per heavy atom. The van der Waals surface area contributed by atoms with Crippen molar-refractivity contribution in [3.05, 3.63) is 0 Å². The second-order valence-corrected chi connectivity index (χ2v) is 5.28. The van der Waals surface area contributed by atoms with Crippen LogP contribution in [0.4, 0.5) is 0 Å². The number of amides is 2. The third-order valence-corrected chi connectivity index (χ3v) is 3.63. The van der Waals surface area contributed by atoms with Gasteiger partial charge in [-0.3, -0.25) is 14.6 Å². The molecule has 1 fully saturated rings. The number of nitrogens with zero attached hydrogens (tertiary/aromatic N) is 2. The average molecular weight is 271 g/mol. The summed E-state index contributed by atoms with van der Waals surface area (Å²) < 4.78 is 5.19. The Morgan fingerprint density at radius 2 is 2.28 bits per heavy atom. The Morgan fingerprint density at radius 1 is 1.56 bits per heavy atom. The first-order valence-corrected chi connectivity index (χ1v) is 6.99. The molecule has 2 amide bonds. The molecule has 1 N–H and O–H groups in total. The van der Waals surface area contributed by atoms with Crippen LogP contribution in [0.1, 0.15) is 13.3 Å². The lowest BCUT2D eigenvalue weighted by Crippen LogP contribution is -2.42. The molecule has 0 aromatic rings. The second kappa shape index (κ2) is 6.19. The molecule has 7 heteroatoms. The molecule has 1 saturated heterocycles. The summed E-state index contributed by atoms with van der Waals surface area (Å²) in [6.45, 7) is 4.39. The molecular formula is C11H17N3O3S. The van der Waals surface area contributed by atoms with Gasteiger partial charge < -0.3 is 15.0 Å². The van der Waals surface area contributed by atoms with Crippen LogP contribution in [-0.2, 0) is 14.3 Å². The van der Waals surface area contributed by atoms with Crippen molar-refractivity contribution in [3.63, 3.8) is 0 Å². The van der Waals surface area contributed by atoms with Gasteiger partial charge in [0.1, 0.15) is 0 Å². The summed E-state index contributed by atoms with van der Waals surface area (Å²) in [5.74, 6) is 0.351. The molecule has 100 valence electrons. The van der Waals surface area contributed by atoms with Crippen molar-refractivity contribution >= 4 is 28.7 Å². The number of nitrogens with one attached hydrogen (secondary N) is 1. The third-order valence-electron chi connectivity index (χ3n) is 2.76. The van der Waals surface area contributed by atoms with E-state index in [1.54, 1.807) is 4.90 Å². The zero-order chi connectivity index (χ0) is 13.0. The summed E-state index contributed by atoms with van der Waals surface area (Å²) in [6.07, 6.45) is 0.418. The molecule has 0 bridgehead atoms. The molecule has 2 heterocycles. The smallest absolute Gasteiger partial charge is 0.233 e. The van der Waals surface area contributed by atoms with Gasteiger partial charge in [0.05, 0.1) is 25.0 Å². The molecule has 0 aromatic heterocycles. The highest BCUT2D eigenvalue weighted by atomic mass is 32.2. The van der Waals surface area contributed by atoms with Crippen LogP contribution in [-0.4, -0.2) is 60.0 Å². The van der Waals surface area contributed by atoms with Crippen molar-refractivity contribution in [1.29, 1.82) is 0 Å². The van der Waals surface area contributed by atoms with Gasteiger partial charge >= 0.3 is 0 Å². The maximum atomic E-state index is 11.9. The number of aliphatic imine (C=N–C) groups is 1. The zero-order valence-electron chi connectivity index (χ0n) is 10.3. The number of carbonyl (C=O) groups is 2. The van der Waals surface area contributed by atoms with Gasteiger partial charge in [0, 0.05) is 19.5 Å². The van der Waals surface area contributed by atoms with Crippen LogP contribution in [0.2, 0.25) is 0 Å². The van der Waals surface area contributed by atoms with Gasteiger partial charge in [-0.05, 0) is 6.92 Å². The Kier molecular flexibility index (Phi) is 4.60. The molecule has 0 aliphatic carbocycles. The summed E-state index contributed by atoms with van der Waals surface area (Å²) in [6, 6.07) is -0.000242. The highest BCUT2D eigenvalue weighted by Gasteiger charge is 2.21. The number of hydrogen-bond donors (Lipinski definition) is 1. The maximum absolute atomic E-state index is 11.9. The van der Waals surface area contributed by atoms with Crippen LogP contribution < -0.4 is 5.32 Å². The second-order valence-electron chi connectivity index (χ2n) is 4.32.